The van der Waals surface area contributed by atoms with Crippen LogP contribution in [0.3, 0.4) is 0 Å². The number of hydrogen-bond donors (Lipinski definition) is 2. The van der Waals surface area contributed by atoms with Crippen molar-refractivity contribution < 1.29 is 33.3 Å². The summed E-state index contributed by atoms with van der Waals surface area (Å²) in [5.74, 6) is 0.436. The smallest absolute Gasteiger partial charge is 0.266 e. The molecule has 0 radical (unpaired) electrons. The number of aromatic nitrogens is 1. The van der Waals surface area contributed by atoms with Crippen LogP contribution in [0.15, 0.2) is 42.5 Å². The number of benzene rings is 2. The minimum atomic E-state index is -0.505. The second-order valence-electron chi connectivity index (χ2n) is 10.5. The molecule has 3 amide bonds. The Kier molecular flexibility index (Phi) is 8.34. The van der Waals surface area contributed by atoms with Gasteiger partial charge in [0.1, 0.15) is 16.7 Å². The molecular formula is C30H33N5O7S. The fourth-order valence-corrected chi connectivity index (χ4v) is 6.34. The quantitative estimate of drug-likeness (QED) is 0.459. The molecule has 1 aromatic heterocycles. The van der Waals surface area contributed by atoms with Crippen molar-refractivity contribution in [2.75, 3.05) is 58.0 Å². The zero-order chi connectivity index (χ0) is 29.9. The van der Waals surface area contributed by atoms with Crippen LogP contribution in [0.5, 0.6) is 17.2 Å². The van der Waals surface area contributed by atoms with E-state index in [1.807, 2.05) is 31.2 Å². The molecule has 2 atom stereocenters. The molecule has 0 aliphatic carbocycles. The summed E-state index contributed by atoms with van der Waals surface area (Å²) in [6.07, 6.45) is -0.505. The van der Waals surface area contributed by atoms with Crippen molar-refractivity contribution >= 4 is 34.2 Å². The monoisotopic (exact) mass is 607 g/mol. The fourth-order valence-electron chi connectivity index (χ4n) is 5.25. The van der Waals surface area contributed by atoms with Crippen molar-refractivity contribution in [3.63, 3.8) is 0 Å². The lowest BCUT2D eigenvalue weighted by atomic mass is 10.1. The lowest BCUT2D eigenvalue weighted by Crippen LogP contribution is -2.45. The van der Waals surface area contributed by atoms with E-state index in [1.54, 1.807) is 17.0 Å². The van der Waals surface area contributed by atoms with Crippen LogP contribution in [0.2, 0.25) is 0 Å². The lowest BCUT2D eigenvalue weighted by Gasteiger charge is -2.26. The molecule has 7 rings (SSSR count). The van der Waals surface area contributed by atoms with Gasteiger partial charge in [0.2, 0.25) is 0 Å². The van der Waals surface area contributed by atoms with Crippen LogP contribution < -0.4 is 29.7 Å². The molecule has 0 unspecified atom stereocenters. The molecule has 43 heavy (non-hydrogen) atoms. The third-order valence-corrected chi connectivity index (χ3v) is 8.82. The number of fused-ring (bicyclic) bond motifs is 7. The number of carbonyl (C=O) groups excluding carboxylic acids is 3. The van der Waals surface area contributed by atoms with E-state index in [0.29, 0.717) is 47.4 Å². The summed E-state index contributed by atoms with van der Waals surface area (Å²) in [5.41, 5.74) is 1.88. The van der Waals surface area contributed by atoms with Gasteiger partial charge in [-0.1, -0.05) is 23.5 Å². The summed E-state index contributed by atoms with van der Waals surface area (Å²) in [7, 11) is 1.49. The summed E-state index contributed by atoms with van der Waals surface area (Å²) in [6, 6.07) is 11.6. The van der Waals surface area contributed by atoms with Crippen molar-refractivity contribution in [3.05, 3.63) is 64.2 Å². The normalized spacial score (nSPS) is 20.8. The first kappa shape index (κ1) is 28.7. The van der Waals surface area contributed by atoms with Gasteiger partial charge in [-0.2, -0.15) is 0 Å². The molecule has 2 saturated heterocycles. The maximum absolute atomic E-state index is 13.8. The maximum Gasteiger partial charge on any atom is 0.266 e. The van der Waals surface area contributed by atoms with Crippen LogP contribution >= 0.6 is 11.3 Å². The molecule has 2 N–H and O–H groups in total. The standard InChI is InChI=1S/C30H33N5O7S/c1-18-27(43-30(32-18)34-9-11-40-12-10-34)29(38)35-15-22-25(16-35)42-21-6-3-19(4-7-21)14-31-26(36)17-41-24-13-20(28(37)33-22)5-8-23(24)39-2/h3-8,13,22,25H,9-12,14-17H2,1-2H3,(H,31,36)(H,33,37)/t22-,25-/m0/s1. The Morgan fingerprint density at radius 2 is 1.88 bits per heavy atom. The minimum Gasteiger partial charge on any atom is -0.493 e. The number of carbonyl (C=O) groups is 3. The first-order valence-electron chi connectivity index (χ1n) is 14.1. The van der Waals surface area contributed by atoms with Gasteiger partial charge < -0.3 is 39.4 Å². The lowest BCUT2D eigenvalue weighted by molar-refractivity contribution is -0.123. The molecule has 0 saturated carbocycles. The van der Waals surface area contributed by atoms with E-state index >= 15 is 0 Å². The topological polar surface area (TPSA) is 132 Å². The number of nitrogens with zero attached hydrogens (tertiary/aromatic N) is 3. The fraction of sp³-hybridized carbons (Fsp3) is 0.400. The number of aryl methyl sites for hydroxylation is 1. The molecule has 3 aromatic rings. The van der Waals surface area contributed by atoms with Gasteiger partial charge in [0, 0.05) is 31.7 Å². The SMILES string of the molecule is COc1ccc2cc1OCC(=O)NCc1ccc(cc1)O[C@H]1CN(C(=O)c3sc(N4CCOCC4)nc3C)C[C@@H]1NC2=O. The van der Waals surface area contributed by atoms with E-state index in [-0.39, 0.29) is 43.2 Å². The molecule has 13 heteroatoms. The van der Waals surface area contributed by atoms with Gasteiger partial charge in [-0.25, -0.2) is 4.98 Å². The van der Waals surface area contributed by atoms with Crippen LogP contribution in [0.1, 0.15) is 31.3 Å². The van der Waals surface area contributed by atoms with Crippen molar-refractivity contribution in [2.45, 2.75) is 25.6 Å². The Labute approximate surface area is 252 Å². The minimum absolute atomic E-state index is 0.145. The number of likely N-dealkylation sites (tertiary alicyclic amines) is 1. The molecule has 5 heterocycles. The van der Waals surface area contributed by atoms with Crippen molar-refractivity contribution in [2.24, 2.45) is 0 Å². The molecular weight excluding hydrogens is 574 g/mol. The number of ether oxygens (including phenoxy) is 4. The van der Waals surface area contributed by atoms with E-state index in [4.69, 9.17) is 18.9 Å². The van der Waals surface area contributed by atoms with Crippen molar-refractivity contribution in [1.82, 2.24) is 20.5 Å². The molecule has 4 bridgehead atoms. The number of morpholine rings is 1. The Bertz CT molecular complexity index is 1510. The Morgan fingerprint density at radius 3 is 2.65 bits per heavy atom. The first-order chi connectivity index (χ1) is 20.9. The Hall–Kier alpha value is -4.36. The van der Waals surface area contributed by atoms with Gasteiger partial charge in [-0.15, -0.1) is 0 Å². The van der Waals surface area contributed by atoms with Gasteiger partial charge in [0.25, 0.3) is 17.7 Å². The Morgan fingerprint density at radius 1 is 1.09 bits per heavy atom. The van der Waals surface area contributed by atoms with Crippen molar-refractivity contribution in [1.29, 1.82) is 0 Å². The van der Waals surface area contributed by atoms with Gasteiger partial charge in [0.05, 0.1) is 38.6 Å². The van der Waals surface area contributed by atoms with Gasteiger partial charge >= 0.3 is 0 Å². The first-order valence-corrected chi connectivity index (χ1v) is 14.9. The van der Waals surface area contributed by atoms with Crippen LogP contribution in [0.25, 0.3) is 0 Å². The predicted molar refractivity (Wildman–Crippen MR) is 158 cm³/mol. The molecule has 4 aliphatic heterocycles. The zero-order valence-corrected chi connectivity index (χ0v) is 24.8. The second-order valence-corrected chi connectivity index (χ2v) is 11.5. The number of amides is 3. The van der Waals surface area contributed by atoms with E-state index in [2.05, 4.69) is 20.5 Å². The number of hydrogen-bond acceptors (Lipinski definition) is 10. The Balaban J connectivity index is 1.27. The number of nitrogens with one attached hydrogen (secondary N) is 2. The summed E-state index contributed by atoms with van der Waals surface area (Å²) in [5, 5.41) is 6.69. The van der Waals surface area contributed by atoms with E-state index in [0.717, 1.165) is 23.8 Å². The molecule has 2 fully saturated rings. The summed E-state index contributed by atoms with van der Waals surface area (Å²) >= 11 is 1.38. The summed E-state index contributed by atoms with van der Waals surface area (Å²) in [6.45, 7) is 5.19. The highest BCUT2D eigenvalue weighted by Gasteiger charge is 2.39. The van der Waals surface area contributed by atoms with Crippen LogP contribution in [0, 0.1) is 6.92 Å². The van der Waals surface area contributed by atoms with Crippen LogP contribution in [0.4, 0.5) is 5.13 Å². The van der Waals surface area contributed by atoms with Crippen molar-refractivity contribution in [3.8, 4) is 17.2 Å². The largest absolute Gasteiger partial charge is 0.493 e. The maximum atomic E-state index is 13.8. The van der Waals surface area contributed by atoms with Gasteiger partial charge in [-0.05, 0) is 42.8 Å². The number of rotatable bonds is 3. The van der Waals surface area contributed by atoms with Crippen LogP contribution in [-0.4, -0.2) is 92.9 Å². The third-order valence-electron chi connectivity index (χ3n) is 7.62. The second kappa shape index (κ2) is 12.5. The predicted octanol–water partition coefficient (Wildman–Crippen LogP) is 2.01. The highest BCUT2D eigenvalue weighted by atomic mass is 32.1. The molecule has 12 nitrogen and oxygen atoms in total. The van der Waals surface area contributed by atoms with E-state index < -0.39 is 12.1 Å². The molecule has 226 valence electrons. The molecule has 0 spiro atoms. The molecule has 4 aliphatic rings. The van der Waals surface area contributed by atoms with Crippen LogP contribution in [-0.2, 0) is 16.1 Å². The average Bonchev–Trinajstić information content (AvgIpc) is 3.62. The highest BCUT2D eigenvalue weighted by Crippen LogP contribution is 2.31. The third kappa shape index (κ3) is 6.37. The van der Waals surface area contributed by atoms with E-state index in [1.165, 1.54) is 24.5 Å². The summed E-state index contributed by atoms with van der Waals surface area (Å²) in [4.78, 5) is 48.7. The number of anilines is 1. The number of methoxy groups -OCH3 is 1. The average molecular weight is 608 g/mol. The summed E-state index contributed by atoms with van der Waals surface area (Å²) < 4.78 is 22.9. The van der Waals surface area contributed by atoms with Gasteiger partial charge in [0.15, 0.2) is 23.2 Å². The highest BCUT2D eigenvalue weighted by molar-refractivity contribution is 7.17. The zero-order valence-electron chi connectivity index (χ0n) is 24.0. The number of thiazole rings is 1. The molecule has 2 aromatic carbocycles. The van der Waals surface area contributed by atoms with Gasteiger partial charge in [-0.3, -0.25) is 14.4 Å². The van der Waals surface area contributed by atoms with E-state index in [9.17, 15) is 14.4 Å².